The highest BCUT2D eigenvalue weighted by Crippen LogP contribution is 2.31. The molecular formula is C11H13BrN2O. The fourth-order valence-electron chi connectivity index (χ4n) is 1.72. The predicted molar refractivity (Wildman–Crippen MR) is 61.7 cm³/mol. The Hall–Kier alpha value is -0.900. The van der Waals surface area contributed by atoms with Crippen LogP contribution < -0.4 is 5.32 Å². The molecular weight excluding hydrogens is 256 g/mol. The second kappa shape index (κ2) is 3.93. The molecule has 80 valence electrons. The molecule has 0 aromatic carbocycles. The van der Waals surface area contributed by atoms with E-state index in [2.05, 4.69) is 33.2 Å². The van der Waals surface area contributed by atoms with Crippen molar-refractivity contribution in [3.63, 3.8) is 0 Å². The Morgan fingerprint density at radius 1 is 1.60 bits per heavy atom. The molecule has 1 fully saturated rings. The summed E-state index contributed by atoms with van der Waals surface area (Å²) in [5.41, 5.74) is 0.664. The van der Waals surface area contributed by atoms with Crippen molar-refractivity contribution in [2.45, 2.75) is 31.7 Å². The maximum absolute atomic E-state index is 11.8. The highest BCUT2D eigenvalue weighted by molar-refractivity contribution is 9.10. The number of carbonyl (C=O) groups excluding carboxylic acids is 1. The monoisotopic (exact) mass is 268 g/mol. The average Bonchev–Trinajstić information content (AvgIpc) is 2.15. The largest absolute Gasteiger partial charge is 0.347 e. The topological polar surface area (TPSA) is 42.0 Å². The number of nitrogens with one attached hydrogen (secondary N) is 1. The van der Waals surface area contributed by atoms with Crippen molar-refractivity contribution < 1.29 is 4.79 Å². The molecule has 0 unspecified atom stereocenters. The Labute approximate surface area is 97.4 Å². The van der Waals surface area contributed by atoms with Crippen LogP contribution in [0.2, 0.25) is 0 Å². The first-order valence-electron chi connectivity index (χ1n) is 5.03. The van der Waals surface area contributed by atoms with Crippen LogP contribution in [0, 0.1) is 0 Å². The molecule has 1 saturated carbocycles. The molecule has 1 aliphatic rings. The summed E-state index contributed by atoms with van der Waals surface area (Å²) in [5.74, 6) is -0.0136. The van der Waals surface area contributed by atoms with Crippen molar-refractivity contribution in [1.29, 1.82) is 0 Å². The second-order valence-corrected chi connectivity index (χ2v) is 5.05. The van der Waals surface area contributed by atoms with E-state index in [0.717, 1.165) is 12.8 Å². The smallest absolute Gasteiger partial charge is 0.251 e. The molecule has 15 heavy (non-hydrogen) atoms. The molecule has 0 saturated heterocycles. The van der Waals surface area contributed by atoms with E-state index in [1.54, 1.807) is 18.3 Å². The van der Waals surface area contributed by atoms with Crippen LogP contribution in [0.3, 0.4) is 0 Å². The van der Waals surface area contributed by atoms with Crippen LogP contribution in [0.4, 0.5) is 0 Å². The number of aromatic nitrogens is 1. The fraction of sp³-hybridized carbons (Fsp3) is 0.455. The first-order valence-corrected chi connectivity index (χ1v) is 5.82. The first kappa shape index (κ1) is 10.6. The van der Waals surface area contributed by atoms with Gasteiger partial charge in [0.25, 0.3) is 5.91 Å². The molecule has 0 spiro atoms. The maximum atomic E-state index is 11.8. The third-order valence-corrected chi connectivity index (χ3v) is 3.29. The molecule has 4 heteroatoms. The summed E-state index contributed by atoms with van der Waals surface area (Å²) in [6.07, 6.45) is 4.98. The van der Waals surface area contributed by atoms with Crippen molar-refractivity contribution in [3.8, 4) is 0 Å². The quantitative estimate of drug-likeness (QED) is 0.838. The first-order chi connectivity index (χ1) is 7.09. The Bertz CT molecular complexity index is 388. The van der Waals surface area contributed by atoms with Crippen LogP contribution in [0.1, 0.15) is 36.5 Å². The van der Waals surface area contributed by atoms with Gasteiger partial charge in [-0.25, -0.2) is 4.98 Å². The molecule has 1 aromatic heterocycles. The minimum absolute atomic E-state index is 0.00678. The number of nitrogens with zero attached hydrogens (tertiary/aromatic N) is 1. The van der Waals surface area contributed by atoms with Crippen molar-refractivity contribution in [3.05, 3.63) is 28.5 Å². The highest BCUT2D eigenvalue weighted by atomic mass is 79.9. The van der Waals surface area contributed by atoms with Gasteiger partial charge in [0.1, 0.15) is 4.60 Å². The zero-order valence-corrected chi connectivity index (χ0v) is 10.2. The van der Waals surface area contributed by atoms with Gasteiger partial charge in [-0.2, -0.15) is 0 Å². The van der Waals surface area contributed by atoms with Crippen molar-refractivity contribution in [1.82, 2.24) is 10.3 Å². The summed E-state index contributed by atoms with van der Waals surface area (Å²) in [4.78, 5) is 15.8. The van der Waals surface area contributed by atoms with Gasteiger partial charge in [-0.1, -0.05) is 0 Å². The van der Waals surface area contributed by atoms with Gasteiger partial charge >= 0.3 is 0 Å². The summed E-state index contributed by atoms with van der Waals surface area (Å²) in [5, 5.41) is 3.05. The fourth-order valence-corrected chi connectivity index (χ4v) is 2.09. The number of carbonyl (C=O) groups is 1. The van der Waals surface area contributed by atoms with Crippen molar-refractivity contribution >= 4 is 21.8 Å². The average molecular weight is 269 g/mol. The van der Waals surface area contributed by atoms with Crippen LogP contribution in [0.25, 0.3) is 0 Å². The lowest BCUT2D eigenvalue weighted by Crippen LogP contribution is -2.50. The van der Waals surface area contributed by atoms with Crippen molar-refractivity contribution in [2.75, 3.05) is 0 Å². The second-order valence-electron chi connectivity index (χ2n) is 4.24. The molecule has 0 atom stereocenters. The van der Waals surface area contributed by atoms with Crippen LogP contribution in [0.5, 0.6) is 0 Å². The summed E-state index contributed by atoms with van der Waals surface area (Å²) in [7, 11) is 0. The third-order valence-electron chi connectivity index (χ3n) is 2.86. The Morgan fingerprint density at radius 2 is 2.33 bits per heavy atom. The highest BCUT2D eigenvalue weighted by Gasteiger charge is 2.33. The summed E-state index contributed by atoms with van der Waals surface area (Å²) < 4.78 is 0.689. The summed E-state index contributed by atoms with van der Waals surface area (Å²) in [6, 6.07) is 3.46. The minimum atomic E-state index is -0.0136. The lowest BCUT2D eigenvalue weighted by molar-refractivity contribution is 0.0850. The standard InChI is InChI=1S/C11H13BrN2O/c1-11(4-2-5-11)14-10(15)8-3-6-13-9(12)7-8/h3,6-7H,2,4-5H2,1H3,(H,14,15). The summed E-state index contributed by atoms with van der Waals surface area (Å²) >= 11 is 3.25. The molecule has 1 aromatic rings. The molecule has 1 aliphatic carbocycles. The molecule has 0 radical (unpaired) electrons. The molecule has 3 nitrogen and oxygen atoms in total. The Balaban J connectivity index is 2.08. The molecule has 0 bridgehead atoms. The van der Waals surface area contributed by atoms with Gasteiger partial charge in [-0.15, -0.1) is 0 Å². The van der Waals surface area contributed by atoms with Gasteiger partial charge in [0.2, 0.25) is 0 Å². The minimum Gasteiger partial charge on any atom is -0.347 e. The van der Waals surface area contributed by atoms with E-state index < -0.39 is 0 Å². The van der Waals surface area contributed by atoms with Gasteiger partial charge < -0.3 is 5.32 Å². The van der Waals surface area contributed by atoms with E-state index in [9.17, 15) is 4.79 Å². The van der Waals surface area contributed by atoms with E-state index >= 15 is 0 Å². The Kier molecular flexibility index (Phi) is 2.78. The van der Waals surface area contributed by atoms with Gasteiger partial charge in [-0.3, -0.25) is 4.79 Å². The number of rotatable bonds is 2. The SMILES string of the molecule is CC1(NC(=O)c2ccnc(Br)c2)CCC1. The van der Waals surface area contributed by atoms with Gasteiger partial charge in [0.15, 0.2) is 0 Å². The number of hydrogen-bond donors (Lipinski definition) is 1. The van der Waals surface area contributed by atoms with E-state index in [0.29, 0.717) is 10.2 Å². The lowest BCUT2D eigenvalue weighted by Gasteiger charge is -2.39. The van der Waals surface area contributed by atoms with E-state index in [1.165, 1.54) is 6.42 Å². The molecule has 1 amide bonds. The predicted octanol–water partition coefficient (Wildman–Crippen LogP) is 2.52. The van der Waals surface area contributed by atoms with E-state index in [4.69, 9.17) is 0 Å². The number of pyridine rings is 1. The van der Waals surface area contributed by atoms with Gasteiger partial charge in [0, 0.05) is 17.3 Å². The zero-order valence-electron chi connectivity index (χ0n) is 8.59. The number of halogens is 1. The lowest BCUT2D eigenvalue weighted by atomic mass is 9.78. The number of amides is 1. The van der Waals surface area contributed by atoms with E-state index in [-0.39, 0.29) is 11.4 Å². The maximum Gasteiger partial charge on any atom is 0.251 e. The van der Waals surface area contributed by atoms with Crippen LogP contribution in [-0.4, -0.2) is 16.4 Å². The van der Waals surface area contributed by atoms with Crippen LogP contribution in [0.15, 0.2) is 22.9 Å². The van der Waals surface area contributed by atoms with Crippen LogP contribution in [-0.2, 0) is 0 Å². The van der Waals surface area contributed by atoms with Crippen molar-refractivity contribution in [2.24, 2.45) is 0 Å². The van der Waals surface area contributed by atoms with E-state index in [1.807, 2.05) is 0 Å². The van der Waals surface area contributed by atoms with Gasteiger partial charge in [0.05, 0.1) is 0 Å². The van der Waals surface area contributed by atoms with Gasteiger partial charge in [-0.05, 0) is 54.2 Å². The molecule has 1 N–H and O–H groups in total. The molecule has 2 rings (SSSR count). The molecule has 1 heterocycles. The normalized spacial score (nSPS) is 18.0. The molecule has 0 aliphatic heterocycles. The summed E-state index contributed by atoms with van der Waals surface area (Å²) in [6.45, 7) is 2.09. The number of hydrogen-bond acceptors (Lipinski definition) is 2. The Morgan fingerprint density at radius 3 is 2.87 bits per heavy atom. The zero-order chi connectivity index (χ0) is 10.9. The van der Waals surface area contributed by atoms with Crippen LogP contribution >= 0.6 is 15.9 Å². The third kappa shape index (κ3) is 2.37.